The average Bonchev–Trinajstić information content (AvgIpc) is 3.18. The summed E-state index contributed by atoms with van der Waals surface area (Å²) in [5, 5.41) is 0. The van der Waals surface area contributed by atoms with Crippen LogP contribution in [0.15, 0.2) is 88.2 Å². The van der Waals surface area contributed by atoms with Gasteiger partial charge in [-0.2, -0.15) is 0 Å². The van der Waals surface area contributed by atoms with Crippen LogP contribution in [0.5, 0.6) is 0 Å². The first kappa shape index (κ1) is 21.9. The van der Waals surface area contributed by atoms with Crippen molar-refractivity contribution in [2.45, 2.75) is 38.6 Å². The van der Waals surface area contributed by atoms with Gasteiger partial charge in [0.25, 0.3) is 5.56 Å². The summed E-state index contributed by atoms with van der Waals surface area (Å²) in [6.45, 7) is 4.37. The Kier molecular flexibility index (Phi) is 5.37. The van der Waals surface area contributed by atoms with Gasteiger partial charge < -0.3 is 0 Å². The summed E-state index contributed by atoms with van der Waals surface area (Å²) in [6, 6.07) is 23.1. The number of rotatable bonds is 3. The molecule has 174 valence electrons. The molecular formula is C30H25FN2OS. The fraction of sp³-hybridized carbons (Fsp3) is 0.200. The molecule has 1 atom stereocenters. The van der Waals surface area contributed by atoms with Crippen LogP contribution in [0, 0.1) is 5.82 Å². The lowest BCUT2D eigenvalue weighted by Crippen LogP contribution is -2.38. The molecule has 0 N–H and O–H groups in total. The second kappa shape index (κ2) is 8.58. The summed E-state index contributed by atoms with van der Waals surface area (Å²) in [5.74, 6) is 0.151. The van der Waals surface area contributed by atoms with Gasteiger partial charge in [0.2, 0.25) is 0 Å². The molecule has 1 aromatic heterocycles. The molecule has 1 aliphatic carbocycles. The van der Waals surface area contributed by atoms with E-state index in [1.807, 2.05) is 10.6 Å². The van der Waals surface area contributed by atoms with Gasteiger partial charge in [-0.05, 0) is 64.8 Å². The number of thiazole rings is 1. The Bertz CT molecular complexity index is 1640. The lowest BCUT2D eigenvalue weighted by atomic mass is 9.83. The van der Waals surface area contributed by atoms with Crippen LogP contribution in [0.2, 0.25) is 0 Å². The van der Waals surface area contributed by atoms with Crippen LogP contribution in [0.1, 0.15) is 60.0 Å². The second-order valence-corrected chi connectivity index (χ2v) is 10.5. The van der Waals surface area contributed by atoms with Gasteiger partial charge in [0.05, 0.1) is 16.3 Å². The number of nitrogens with zero attached hydrogens (tertiary/aromatic N) is 2. The van der Waals surface area contributed by atoms with Crippen molar-refractivity contribution in [2.75, 3.05) is 0 Å². The van der Waals surface area contributed by atoms with Crippen molar-refractivity contribution in [3.8, 4) is 0 Å². The largest absolute Gasteiger partial charge is 0.272 e. The molecule has 2 heterocycles. The molecule has 2 aliphatic rings. The second-order valence-electron chi connectivity index (χ2n) is 9.49. The highest BCUT2D eigenvalue weighted by Crippen LogP contribution is 2.41. The van der Waals surface area contributed by atoms with Gasteiger partial charge in [0.15, 0.2) is 4.80 Å². The van der Waals surface area contributed by atoms with Gasteiger partial charge in [0.1, 0.15) is 5.82 Å². The van der Waals surface area contributed by atoms with Crippen molar-refractivity contribution < 1.29 is 4.39 Å². The topological polar surface area (TPSA) is 34.4 Å². The van der Waals surface area contributed by atoms with E-state index < -0.39 is 0 Å². The van der Waals surface area contributed by atoms with Gasteiger partial charge in [-0.1, -0.05) is 85.8 Å². The zero-order valence-corrected chi connectivity index (χ0v) is 20.5. The third-order valence-electron chi connectivity index (χ3n) is 6.96. The van der Waals surface area contributed by atoms with E-state index in [2.05, 4.69) is 62.4 Å². The van der Waals surface area contributed by atoms with Crippen molar-refractivity contribution >= 4 is 23.1 Å². The Morgan fingerprint density at radius 3 is 2.49 bits per heavy atom. The fourth-order valence-corrected chi connectivity index (χ4v) is 6.10. The average molecular weight is 481 g/mol. The molecule has 0 radical (unpaired) electrons. The number of hydrogen-bond donors (Lipinski definition) is 0. The van der Waals surface area contributed by atoms with E-state index in [0.717, 1.165) is 35.2 Å². The summed E-state index contributed by atoms with van der Waals surface area (Å²) in [5.41, 5.74) is 7.78. The number of fused-ring (bicyclic) bond motifs is 3. The van der Waals surface area contributed by atoms with Crippen LogP contribution in [0.3, 0.4) is 0 Å². The molecule has 6 rings (SSSR count). The quantitative estimate of drug-likeness (QED) is 0.377. The minimum atomic E-state index is -0.292. The van der Waals surface area contributed by atoms with Gasteiger partial charge in [-0.3, -0.25) is 9.36 Å². The van der Waals surface area contributed by atoms with E-state index in [1.165, 1.54) is 40.2 Å². The summed E-state index contributed by atoms with van der Waals surface area (Å²) >= 11 is 1.40. The van der Waals surface area contributed by atoms with Crippen LogP contribution >= 0.6 is 11.3 Å². The molecule has 0 saturated carbocycles. The normalized spacial score (nSPS) is 17.1. The van der Waals surface area contributed by atoms with E-state index >= 15 is 0 Å². The minimum absolute atomic E-state index is 0.0542. The number of allylic oxidation sites excluding steroid dienone is 1. The van der Waals surface area contributed by atoms with Crippen molar-refractivity contribution in [3.63, 3.8) is 0 Å². The number of aryl methyl sites for hydroxylation is 1. The maximum atomic E-state index is 13.7. The molecule has 35 heavy (non-hydrogen) atoms. The molecule has 4 aromatic rings. The first-order chi connectivity index (χ1) is 17.0. The van der Waals surface area contributed by atoms with Crippen molar-refractivity contribution in [1.82, 2.24) is 4.57 Å². The first-order valence-corrected chi connectivity index (χ1v) is 12.8. The highest BCUT2D eigenvalue weighted by atomic mass is 32.1. The van der Waals surface area contributed by atoms with Gasteiger partial charge in [-0.15, -0.1) is 0 Å². The monoisotopic (exact) mass is 480 g/mol. The summed E-state index contributed by atoms with van der Waals surface area (Å²) in [7, 11) is 0. The van der Waals surface area contributed by atoms with Crippen LogP contribution in [-0.2, 0) is 6.42 Å². The van der Waals surface area contributed by atoms with Crippen LogP contribution in [-0.4, -0.2) is 4.57 Å². The highest BCUT2D eigenvalue weighted by molar-refractivity contribution is 7.07. The minimum Gasteiger partial charge on any atom is -0.272 e. The number of hydrogen-bond acceptors (Lipinski definition) is 3. The Morgan fingerprint density at radius 2 is 1.74 bits per heavy atom. The zero-order valence-electron chi connectivity index (χ0n) is 19.7. The molecule has 0 bridgehead atoms. The Labute approximate surface area is 207 Å². The van der Waals surface area contributed by atoms with Crippen LogP contribution in [0.25, 0.3) is 11.8 Å². The highest BCUT2D eigenvalue weighted by Gasteiger charge is 2.32. The third-order valence-corrected chi connectivity index (χ3v) is 7.94. The Morgan fingerprint density at radius 1 is 1.00 bits per heavy atom. The maximum Gasteiger partial charge on any atom is 0.271 e. The molecular weight excluding hydrogens is 455 g/mol. The van der Waals surface area contributed by atoms with E-state index in [9.17, 15) is 9.18 Å². The Hall–Kier alpha value is -3.57. The van der Waals surface area contributed by atoms with E-state index in [1.54, 1.807) is 12.1 Å². The van der Waals surface area contributed by atoms with E-state index in [-0.39, 0.29) is 17.4 Å². The SMILES string of the molecule is CC(C)c1ccc(C2C3=C(N=c4sc(=Cc5ccc(F)cc5)c(=O)n42)c2ccccc2CC3)cc1. The summed E-state index contributed by atoms with van der Waals surface area (Å²) < 4.78 is 15.9. The maximum absolute atomic E-state index is 13.7. The lowest BCUT2D eigenvalue weighted by Gasteiger charge is -2.31. The summed E-state index contributed by atoms with van der Waals surface area (Å²) in [6.07, 6.45) is 3.64. The molecule has 5 heteroatoms. The molecule has 3 nitrogen and oxygen atoms in total. The molecule has 0 spiro atoms. The first-order valence-electron chi connectivity index (χ1n) is 12.0. The zero-order chi connectivity index (χ0) is 24.1. The third kappa shape index (κ3) is 3.80. The van der Waals surface area contributed by atoms with Gasteiger partial charge >= 0.3 is 0 Å². The molecule has 0 amide bonds. The number of halogens is 1. The molecule has 1 unspecified atom stereocenters. The summed E-state index contributed by atoms with van der Waals surface area (Å²) in [4.78, 5) is 19.5. The van der Waals surface area contributed by atoms with Crippen molar-refractivity contribution in [2.24, 2.45) is 4.99 Å². The smallest absolute Gasteiger partial charge is 0.271 e. The van der Waals surface area contributed by atoms with Crippen LogP contribution in [0.4, 0.5) is 4.39 Å². The Balaban J connectivity index is 1.59. The molecule has 0 fully saturated rings. The predicted molar refractivity (Wildman–Crippen MR) is 140 cm³/mol. The molecule has 0 saturated heterocycles. The van der Waals surface area contributed by atoms with E-state index in [4.69, 9.17) is 4.99 Å². The number of aromatic nitrogens is 1. The number of benzene rings is 3. The lowest BCUT2D eigenvalue weighted by molar-refractivity contribution is 0.585. The van der Waals surface area contributed by atoms with Gasteiger partial charge in [0, 0.05) is 5.56 Å². The van der Waals surface area contributed by atoms with Crippen molar-refractivity contribution in [3.05, 3.63) is 132 Å². The molecule has 1 aliphatic heterocycles. The van der Waals surface area contributed by atoms with Gasteiger partial charge in [-0.25, -0.2) is 9.38 Å². The predicted octanol–water partition coefficient (Wildman–Crippen LogP) is 5.58. The van der Waals surface area contributed by atoms with E-state index in [0.29, 0.717) is 15.3 Å². The fourth-order valence-electron chi connectivity index (χ4n) is 5.10. The molecule has 3 aromatic carbocycles. The van der Waals surface area contributed by atoms with Crippen molar-refractivity contribution in [1.29, 1.82) is 0 Å². The standard InChI is InChI=1S/C30H25FN2OS/c1-18(2)20-9-11-22(12-10-20)28-25-16-13-21-5-3-4-6-24(21)27(25)32-30-33(28)29(34)26(35-30)17-19-7-14-23(31)15-8-19/h3-12,14-15,17-18,28H,13,16H2,1-2H3. The van der Waals surface area contributed by atoms with Crippen LogP contribution < -0.4 is 14.9 Å².